The smallest absolute Gasteiger partial charge is 0.357 e. The van der Waals surface area contributed by atoms with Crippen LogP contribution < -0.4 is 10.6 Å². The molecule has 0 saturated heterocycles. The van der Waals surface area contributed by atoms with Crippen molar-refractivity contribution < 1.29 is 21.6 Å². The Bertz CT molecular complexity index is 638. The first-order valence-electron chi connectivity index (χ1n) is 8.05. The number of nitrogens with zero attached hydrogens (tertiary/aromatic N) is 1. The molecule has 1 aromatic rings. The van der Waals surface area contributed by atoms with E-state index in [0.29, 0.717) is 13.0 Å². The number of hydrogen-bond acceptors (Lipinski definition) is 3. The van der Waals surface area contributed by atoms with E-state index in [2.05, 4.69) is 15.6 Å². The van der Waals surface area contributed by atoms with E-state index in [1.165, 1.54) is 0 Å². The number of rotatable bonds is 9. The summed E-state index contributed by atoms with van der Waals surface area (Å²) in [6, 6.07) is 8.89. The number of hydrogen-bond donors (Lipinski definition) is 2. The van der Waals surface area contributed by atoms with Gasteiger partial charge in [-0.25, -0.2) is 8.42 Å². The minimum atomic E-state index is -4.23. The number of halogens is 4. The number of alkyl halides is 3. The van der Waals surface area contributed by atoms with Crippen LogP contribution in [-0.2, 0) is 15.6 Å². The molecule has 26 heavy (non-hydrogen) atoms. The molecule has 0 amide bonds. The molecule has 1 aromatic carbocycles. The van der Waals surface area contributed by atoms with Gasteiger partial charge in [0.05, 0.1) is 17.9 Å². The van der Waals surface area contributed by atoms with Crippen LogP contribution in [0.15, 0.2) is 35.3 Å². The second-order valence-corrected chi connectivity index (χ2v) is 7.67. The van der Waals surface area contributed by atoms with Gasteiger partial charge < -0.3 is 10.6 Å². The largest absolute Gasteiger partial charge is 0.390 e. The number of sulfone groups is 1. The minimum Gasteiger partial charge on any atom is -0.357 e. The summed E-state index contributed by atoms with van der Waals surface area (Å²) in [5, 5.41) is 5.41. The summed E-state index contributed by atoms with van der Waals surface area (Å²) in [5.41, 5.74) is 0.730. The van der Waals surface area contributed by atoms with Gasteiger partial charge in [0.15, 0.2) is 15.8 Å². The highest BCUT2D eigenvalue weighted by atomic mass is 127. The highest BCUT2D eigenvalue weighted by Crippen LogP contribution is 2.18. The lowest BCUT2D eigenvalue weighted by Crippen LogP contribution is -2.39. The topological polar surface area (TPSA) is 70.6 Å². The highest BCUT2D eigenvalue weighted by Gasteiger charge is 2.26. The third-order valence-corrected chi connectivity index (χ3v) is 4.84. The molecule has 0 atom stereocenters. The zero-order valence-electron chi connectivity index (χ0n) is 14.6. The molecule has 0 unspecified atom stereocenters. The van der Waals surface area contributed by atoms with Gasteiger partial charge in [0.25, 0.3) is 0 Å². The molecule has 0 saturated carbocycles. The minimum absolute atomic E-state index is 0. The summed E-state index contributed by atoms with van der Waals surface area (Å²) in [6.45, 7) is 2.24. The Morgan fingerprint density at radius 1 is 1.15 bits per heavy atom. The van der Waals surface area contributed by atoms with Crippen LogP contribution in [0.3, 0.4) is 0 Å². The fourth-order valence-corrected chi connectivity index (χ4v) is 3.45. The van der Waals surface area contributed by atoms with E-state index in [0.717, 1.165) is 5.56 Å². The average molecular weight is 507 g/mol. The summed E-state index contributed by atoms with van der Waals surface area (Å²) in [4.78, 5) is 4.11. The lowest BCUT2D eigenvalue weighted by Gasteiger charge is -2.12. The van der Waals surface area contributed by atoms with Crippen molar-refractivity contribution in [2.24, 2.45) is 4.99 Å². The highest BCUT2D eigenvalue weighted by molar-refractivity contribution is 14.0. The van der Waals surface area contributed by atoms with Crippen LogP contribution >= 0.6 is 24.0 Å². The van der Waals surface area contributed by atoms with Gasteiger partial charge in [-0.3, -0.25) is 4.99 Å². The monoisotopic (exact) mass is 507 g/mol. The summed E-state index contributed by atoms with van der Waals surface area (Å²) in [5.74, 6) is 0.210. The zero-order chi connectivity index (χ0) is 18.8. The number of guanidine groups is 1. The van der Waals surface area contributed by atoms with Crippen molar-refractivity contribution in [2.75, 3.05) is 25.4 Å². The molecule has 10 heteroatoms. The third-order valence-electron chi connectivity index (χ3n) is 3.16. The summed E-state index contributed by atoms with van der Waals surface area (Å²) >= 11 is 0. The van der Waals surface area contributed by atoms with Crippen LogP contribution in [0.4, 0.5) is 13.2 Å². The summed E-state index contributed by atoms with van der Waals surface area (Å²) < 4.78 is 60.5. The zero-order valence-corrected chi connectivity index (χ0v) is 17.7. The van der Waals surface area contributed by atoms with Gasteiger partial charge in [-0.15, -0.1) is 24.0 Å². The molecule has 1 rings (SSSR count). The van der Waals surface area contributed by atoms with Crippen molar-refractivity contribution >= 4 is 39.8 Å². The number of benzene rings is 1. The second kappa shape index (κ2) is 12.4. The molecule has 2 N–H and O–H groups in total. The first-order valence-corrected chi connectivity index (χ1v) is 9.87. The molecule has 0 aliphatic heterocycles. The second-order valence-electron chi connectivity index (χ2n) is 5.48. The lowest BCUT2D eigenvalue weighted by molar-refractivity contribution is -0.132. The molecule has 150 valence electrons. The first-order chi connectivity index (χ1) is 11.7. The Labute approximate surface area is 169 Å². The Kier molecular flexibility index (Phi) is 11.9. The van der Waals surface area contributed by atoms with Crippen LogP contribution in [0.5, 0.6) is 0 Å². The van der Waals surface area contributed by atoms with Crippen LogP contribution in [0.1, 0.15) is 25.3 Å². The predicted octanol–water partition coefficient (Wildman–Crippen LogP) is 3.12. The average Bonchev–Trinajstić information content (AvgIpc) is 2.51. The van der Waals surface area contributed by atoms with Gasteiger partial charge in [0, 0.05) is 19.6 Å². The molecule has 0 aliphatic rings. The summed E-state index contributed by atoms with van der Waals surface area (Å²) in [7, 11) is -3.24. The maximum absolute atomic E-state index is 12.1. The molecule has 0 spiro atoms. The van der Waals surface area contributed by atoms with Crippen molar-refractivity contribution in [1.82, 2.24) is 10.6 Å². The molecule has 0 bridgehead atoms. The normalized spacial score (nSPS) is 12.4. The van der Waals surface area contributed by atoms with E-state index in [9.17, 15) is 21.6 Å². The van der Waals surface area contributed by atoms with Crippen molar-refractivity contribution in [3.8, 4) is 0 Å². The van der Waals surface area contributed by atoms with Gasteiger partial charge in [0.2, 0.25) is 0 Å². The molecule has 0 radical (unpaired) electrons. The van der Waals surface area contributed by atoms with Crippen LogP contribution in [0.2, 0.25) is 0 Å². The van der Waals surface area contributed by atoms with E-state index in [-0.39, 0.29) is 54.5 Å². The fraction of sp³-hybridized carbons (Fsp3) is 0.562. The fourth-order valence-electron chi connectivity index (χ4n) is 2.04. The molecular formula is C16H25F3IN3O2S. The van der Waals surface area contributed by atoms with Gasteiger partial charge >= 0.3 is 6.18 Å². The van der Waals surface area contributed by atoms with Crippen LogP contribution in [0, 0.1) is 0 Å². The molecule has 0 aliphatic carbocycles. The van der Waals surface area contributed by atoms with E-state index < -0.39 is 22.4 Å². The Morgan fingerprint density at radius 2 is 1.81 bits per heavy atom. The summed E-state index contributed by atoms with van der Waals surface area (Å²) in [6.07, 6.45) is -4.87. The van der Waals surface area contributed by atoms with Crippen molar-refractivity contribution in [1.29, 1.82) is 0 Å². The molecular weight excluding hydrogens is 482 g/mol. The maximum Gasteiger partial charge on any atom is 0.390 e. The third kappa shape index (κ3) is 12.3. The molecule has 0 aromatic heterocycles. The van der Waals surface area contributed by atoms with Gasteiger partial charge in [-0.1, -0.05) is 30.3 Å². The van der Waals surface area contributed by atoms with E-state index in [1.54, 1.807) is 31.2 Å². The van der Waals surface area contributed by atoms with Crippen molar-refractivity contribution in [3.05, 3.63) is 35.9 Å². The molecule has 0 heterocycles. The van der Waals surface area contributed by atoms with Gasteiger partial charge in [0.1, 0.15) is 0 Å². The Morgan fingerprint density at radius 3 is 2.38 bits per heavy atom. The van der Waals surface area contributed by atoms with E-state index >= 15 is 0 Å². The van der Waals surface area contributed by atoms with Crippen molar-refractivity contribution in [2.45, 2.75) is 31.7 Å². The van der Waals surface area contributed by atoms with E-state index in [4.69, 9.17) is 0 Å². The van der Waals surface area contributed by atoms with Crippen LogP contribution in [0.25, 0.3) is 0 Å². The standard InChI is InChI=1S/C16H24F3N3O2S.HI/c1-2-20-15(22-11-9-16(17,18)19)21-10-6-12-25(23,24)13-14-7-4-3-5-8-14;/h3-5,7-8H,2,6,9-13H2,1H3,(H2,20,21,22);1H. The molecule has 0 fully saturated rings. The number of aliphatic imine (C=N–C) groups is 1. The van der Waals surface area contributed by atoms with Gasteiger partial charge in [-0.05, 0) is 18.9 Å². The predicted molar refractivity (Wildman–Crippen MR) is 109 cm³/mol. The lowest BCUT2D eigenvalue weighted by atomic mass is 10.2. The number of nitrogens with one attached hydrogen (secondary N) is 2. The first kappa shape index (κ1) is 25.0. The Hall–Kier alpha value is -1.04. The molecule has 5 nitrogen and oxygen atoms in total. The van der Waals surface area contributed by atoms with Gasteiger partial charge in [-0.2, -0.15) is 13.2 Å². The maximum atomic E-state index is 12.1. The Balaban J connectivity index is 0.00000625. The van der Waals surface area contributed by atoms with Crippen molar-refractivity contribution in [3.63, 3.8) is 0 Å². The van der Waals surface area contributed by atoms with Crippen LogP contribution in [-0.4, -0.2) is 45.9 Å². The quantitative estimate of drug-likeness (QED) is 0.233. The van der Waals surface area contributed by atoms with E-state index in [1.807, 2.05) is 6.07 Å². The SMILES string of the molecule is CCNC(=NCCCS(=O)(=O)Cc1ccccc1)NCCC(F)(F)F.I.